The number of rotatable bonds is 12. The predicted octanol–water partition coefficient (Wildman–Crippen LogP) is -3.82. The summed E-state index contributed by atoms with van der Waals surface area (Å²) in [5.74, 6) is -3.96. The first-order valence-electron chi connectivity index (χ1n) is 8.13. The zero-order chi connectivity index (χ0) is 29.6. The van der Waals surface area contributed by atoms with Crippen molar-refractivity contribution in [1.82, 2.24) is 0 Å². The van der Waals surface area contributed by atoms with Crippen LogP contribution in [-0.2, 0) is 70.0 Å². The number of aliphatic hydroxyl groups is 6. The zero-order valence-electron chi connectivity index (χ0n) is 17.1. The van der Waals surface area contributed by atoms with Crippen LogP contribution in [0.3, 0.4) is 0 Å². The number of aliphatic hydroxyl groups excluding tert-OH is 5. The molecule has 38 heavy (non-hydrogen) atoms. The van der Waals surface area contributed by atoms with Crippen molar-refractivity contribution < 1.29 is 135 Å². The summed E-state index contributed by atoms with van der Waals surface area (Å²) in [6.07, 6.45) is -13.5. The van der Waals surface area contributed by atoms with E-state index in [2.05, 4.69) is 26.1 Å². The molecular weight excluding hydrogens is 717 g/mol. The summed E-state index contributed by atoms with van der Waals surface area (Å²) in [5.41, 5.74) is 0. The molecule has 11 atom stereocenters. The molecule has 0 aromatic heterocycles. The number of phosphoric acid groups is 6. The molecular formula is C6H18NiO25P6. The van der Waals surface area contributed by atoms with E-state index in [1.807, 2.05) is 0 Å². The second kappa shape index (κ2) is 12.8. The Hall–Kier alpha value is 1.11. The third-order valence-corrected chi connectivity index (χ3v) is 12.3. The topological polar surface area (TPSA) is 421 Å². The van der Waals surface area contributed by atoms with Gasteiger partial charge in [0.25, 0.3) is 0 Å². The molecule has 1 saturated carbocycles. The van der Waals surface area contributed by atoms with E-state index in [1.54, 1.807) is 0 Å². The van der Waals surface area contributed by atoms with Crippen molar-refractivity contribution in [3.8, 4) is 0 Å². The molecule has 25 nitrogen and oxygen atoms in total. The van der Waals surface area contributed by atoms with Crippen LogP contribution in [0.25, 0.3) is 0 Å². The minimum Gasteiger partial charge on any atom is -0.387 e. The fraction of sp³-hybridized carbons (Fsp3) is 1.00. The van der Waals surface area contributed by atoms with E-state index in [4.69, 9.17) is 19.6 Å². The van der Waals surface area contributed by atoms with E-state index >= 15 is 0 Å². The van der Waals surface area contributed by atoms with Gasteiger partial charge in [0.1, 0.15) is 30.5 Å². The number of hydrogen-bond donors (Lipinski definition) is 13. The summed E-state index contributed by atoms with van der Waals surface area (Å²) >= 11 is 0. The summed E-state index contributed by atoms with van der Waals surface area (Å²) in [7, 11) is -38.3. The Labute approximate surface area is 218 Å². The molecule has 0 aromatic carbocycles. The normalized spacial score (nSPS) is 36.4. The molecule has 13 N–H and O–H groups in total. The van der Waals surface area contributed by atoms with Crippen LogP contribution >= 0.6 is 46.9 Å². The van der Waals surface area contributed by atoms with Crippen molar-refractivity contribution in [2.75, 3.05) is 0 Å². The molecule has 0 bridgehead atoms. The molecule has 0 spiro atoms. The van der Waals surface area contributed by atoms with Crippen LogP contribution in [0.4, 0.5) is 0 Å². The molecule has 5 unspecified atom stereocenters. The minimum atomic E-state index is -6.59. The Bertz CT molecular complexity index is 1110. The van der Waals surface area contributed by atoms with E-state index in [1.165, 1.54) is 0 Å². The SMILES string of the molecule is O=P(O)(O)OP(=O)(O)OP(=O)(O)OP(=O)(O)OP(=O)(O)OP(=O)(O)O[C@]1(O)[C@H](O)[C@H](O)[C@@H](O)[C@H](O)[C@H]1O.[Ni]. The molecule has 1 aliphatic rings. The molecule has 32 heteroatoms. The quantitative estimate of drug-likeness (QED) is 0.0519. The summed E-state index contributed by atoms with van der Waals surface area (Å²) in [6.45, 7) is 0. The van der Waals surface area contributed by atoms with Crippen LogP contribution in [0.5, 0.6) is 0 Å². The first-order chi connectivity index (χ1) is 16.0. The van der Waals surface area contributed by atoms with Gasteiger partial charge in [0.05, 0.1) is 0 Å². The van der Waals surface area contributed by atoms with Crippen LogP contribution < -0.4 is 0 Å². The van der Waals surface area contributed by atoms with Gasteiger partial charge in [-0.15, -0.1) is 0 Å². The van der Waals surface area contributed by atoms with Crippen LogP contribution in [0.2, 0.25) is 0 Å². The standard InChI is InChI=1S/C6H18O25P6.Ni/c7-1-2(8)4(10)6(12,5(11)3(1)9)26-33(16,17)28-35(20,21)30-37(24,25)31-36(22,23)29-34(18,19)27-32(13,14)15;/h1-5,7-12H,(H,16,17)(H,18,19)(H,20,21)(H,22,23)(H,24,25)(H2,13,14,15);/t1-,2-,3+,4-,5-,6-;/m1./s1. The zero-order valence-corrected chi connectivity index (χ0v) is 23.5. The molecule has 0 heterocycles. The fourth-order valence-corrected chi connectivity index (χ4v) is 9.78. The van der Waals surface area contributed by atoms with E-state index in [0.717, 1.165) is 0 Å². The third kappa shape index (κ3) is 11.4. The monoisotopic (exact) mass is 734 g/mol. The van der Waals surface area contributed by atoms with Crippen molar-refractivity contribution >= 4 is 46.9 Å². The number of phosphoric ester groups is 1. The van der Waals surface area contributed by atoms with Crippen molar-refractivity contribution in [3.63, 3.8) is 0 Å². The van der Waals surface area contributed by atoms with Crippen LogP contribution in [0, 0.1) is 0 Å². The Balaban J connectivity index is 0.0000137. The molecule has 0 radical (unpaired) electrons. The van der Waals surface area contributed by atoms with Gasteiger partial charge >= 0.3 is 46.9 Å². The predicted molar refractivity (Wildman–Crippen MR) is 103 cm³/mol. The maximum absolute atomic E-state index is 12.0. The van der Waals surface area contributed by atoms with Crippen molar-refractivity contribution in [3.05, 3.63) is 0 Å². The summed E-state index contributed by atoms with van der Waals surface area (Å²) in [6, 6.07) is 0. The van der Waals surface area contributed by atoms with Crippen LogP contribution in [-0.4, -0.2) is 101 Å². The Morgan fingerprint density at radius 1 is 0.474 bits per heavy atom. The van der Waals surface area contributed by atoms with Crippen molar-refractivity contribution in [1.29, 1.82) is 0 Å². The van der Waals surface area contributed by atoms with Crippen molar-refractivity contribution in [2.24, 2.45) is 0 Å². The molecule has 0 aromatic rings. The van der Waals surface area contributed by atoms with Gasteiger partial charge in [0, 0.05) is 16.5 Å². The largest absolute Gasteiger partial charge is 0.490 e. The van der Waals surface area contributed by atoms with Gasteiger partial charge in [0.15, 0.2) is 0 Å². The van der Waals surface area contributed by atoms with Gasteiger partial charge in [-0.1, -0.05) is 0 Å². The van der Waals surface area contributed by atoms with Gasteiger partial charge in [0.2, 0.25) is 5.79 Å². The van der Waals surface area contributed by atoms with Gasteiger partial charge in [-0.05, 0) is 0 Å². The van der Waals surface area contributed by atoms with E-state index < -0.39 is 83.2 Å². The second-order valence-corrected chi connectivity index (χ2v) is 15.6. The molecule has 0 saturated heterocycles. The maximum Gasteiger partial charge on any atom is 0.490 e. The Morgan fingerprint density at radius 2 is 0.737 bits per heavy atom. The van der Waals surface area contributed by atoms with Gasteiger partial charge in [-0.25, -0.2) is 31.9 Å². The van der Waals surface area contributed by atoms with Crippen molar-refractivity contribution in [2.45, 2.75) is 36.3 Å². The first-order valence-corrected chi connectivity index (χ1v) is 17.1. The average Bonchev–Trinajstić information content (AvgIpc) is 2.56. The summed E-state index contributed by atoms with van der Waals surface area (Å²) in [5, 5.41) is 57.9. The van der Waals surface area contributed by atoms with Gasteiger partial charge < -0.3 is 64.9 Å². The molecule has 1 aliphatic carbocycles. The maximum atomic E-state index is 12.0. The minimum absolute atomic E-state index is 0. The average molecular weight is 735 g/mol. The Kier molecular flexibility index (Phi) is 13.1. The van der Waals surface area contributed by atoms with E-state index in [0.29, 0.717) is 0 Å². The molecule has 1 rings (SSSR count). The van der Waals surface area contributed by atoms with Crippen LogP contribution in [0.15, 0.2) is 0 Å². The smallest absolute Gasteiger partial charge is 0.387 e. The van der Waals surface area contributed by atoms with E-state index in [-0.39, 0.29) is 16.5 Å². The first kappa shape index (κ1) is 39.1. The Morgan fingerprint density at radius 3 is 1.03 bits per heavy atom. The fourth-order valence-electron chi connectivity index (χ4n) is 2.26. The van der Waals surface area contributed by atoms with E-state index in [9.17, 15) is 72.7 Å². The molecule has 1 fully saturated rings. The van der Waals surface area contributed by atoms with Gasteiger partial charge in [-0.2, -0.15) is 21.6 Å². The summed E-state index contributed by atoms with van der Waals surface area (Å²) in [4.78, 5) is 62.9. The van der Waals surface area contributed by atoms with Gasteiger partial charge in [-0.3, -0.25) is 0 Å². The number of hydrogen-bond acceptors (Lipinski definition) is 18. The summed E-state index contributed by atoms with van der Waals surface area (Å²) < 4.78 is 88.7. The second-order valence-electron chi connectivity index (χ2n) is 6.45. The molecule has 232 valence electrons. The third-order valence-electron chi connectivity index (χ3n) is 3.49. The molecule has 0 aliphatic heterocycles. The molecule has 0 amide bonds. The van der Waals surface area contributed by atoms with Crippen LogP contribution in [0.1, 0.15) is 0 Å².